The molecule has 0 aliphatic carbocycles. The van der Waals surface area contributed by atoms with E-state index in [9.17, 15) is 4.79 Å². The first kappa shape index (κ1) is 17.5. The number of halogens is 2. The zero-order valence-corrected chi connectivity index (χ0v) is 17.0. The zero-order chi connectivity index (χ0) is 18.3. The monoisotopic (exact) mass is 444 g/mol. The lowest BCUT2D eigenvalue weighted by Gasteiger charge is -2.04. The second-order valence-electron chi connectivity index (χ2n) is 5.86. The van der Waals surface area contributed by atoms with E-state index < -0.39 is 0 Å². The summed E-state index contributed by atoms with van der Waals surface area (Å²) in [5.74, 6) is 0.561. The lowest BCUT2D eigenvalue weighted by molar-refractivity contribution is 1.18. The van der Waals surface area contributed by atoms with Gasteiger partial charge in [-0.15, -0.1) is 11.3 Å². The Labute approximate surface area is 167 Å². The Balaban J connectivity index is 1.95. The molecular weight excluding hydrogens is 432 g/mol. The number of rotatable bonds is 3. The fraction of sp³-hybridized carbons (Fsp3) is 0.100. The molecule has 6 heteroatoms. The van der Waals surface area contributed by atoms with Gasteiger partial charge < -0.3 is 4.98 Å². The van der Waals surface area contributed by atoms with Gasteiger partial charge in [0, 0.05) is 25.5 Å². The number of hydrogen-bond acceptors (Lipinski definition) is 3. The molecule has 0 atom stereocenters. The van der Waals surface area contributed by atoms with Crippen LogP contribution in [0.15, 0.2) is 57.8 Å². The highest BCUT2D eigenvalue weighted by atomic mass is 79.9. The van der Waals surface area contributed by atoms with E-state index in [2.05, 4.69) is 27.8 Å². The van der Waals surface area contributed by atoms with E-state index in [4.69, 9.17) is 16.6 Å². The summed E-state index contributed by atoms with van der Waals surface area (Å²) in [7, 11) is 0. The third kappa shape index (κ3) is 3.11. The molecule has 0 fully saturated rings. The molecule has 2 aromatic carbocycles. The van der Waals surface area contributed by atoms with Crippen LogP contribution in [0, 0.1) is 0 Å². The van der Waals surface area contributed by atoms with Crippen molar-refractivity contribution in [2.75, 3.05) is 0 Å². The van der Waals surface area contributed by atoms with E-state index >= 15 is 0 Å². The van der Waals surface area contributed by atoms with Gasteiger partial charge in [-0.1, -0.05) is 46.6 Å². The molecule has 0 bridgehead atoms. The number of H-pyrrole nitrogens is 1. The van der Waals surface area contributed by atoms with E-state index in [0.717, 1.165) is 37.3 Å². The van der Waals surface area contributed by atoms with Crippen molar-refractivity contribution >= 4 is 49.1 Å². The van der Waals surface area contributed by atoms with E-state index in [1.54, 1.807) is 23.5 Å². The van der Waals surface area contributed by atoms with Gasteiger partial charge in [0.05, 0.1) is 5.39 Å². The molecular formula is C20H14BrClN2OS. The maximum atomic E-state index is 12.9. The summed E-state index contributed by atoms with van der Waals surface area (Å²) in [6.07, 6.45) is 0.849. The fourth-order valence-electron chi connectivity index (χ4n) is 2.97. The summed E-state index contributed by atoms with van der Waals surface area (Å²) in [5, 5.41) is 1.31. The highest BCUT2D eigenvalue weighted by molar-refractivity contribution is 9.10. The number of aromatic amines is 1. The summed E-state index contributed by atoms with van der Waals surface area (Å²) in [6, 6.07) is 15.3. The average Bonchev–Trinajstić information content (AvgIpc) is 3.02. The molecule has 3 nitrogen and oxygen atoms in total. The predicted octanol–water partition coefficient (Wildman–Crippen LogP) is 6.30. The molecule has 0 aliphatic heterocycles. The fourth-order valence-corrected chi connectivity index (χ4v) is 4.49. The molecule has 0 unspecified atom stereocenters. The topological polar surface area (TPSA) is 45.8 Å². The van der Waals surface area contributed by atoms with Crippen LogP contribution in [0.25, 0.3) is 32.7 Å². The number of nitrogens with zero attached hydrogens (tertiary/aromatic N) is 1. The quantitative estimate of drug-likeness (QED) is 0.402. The summed E-state index contributed by atoms with van der Waals surface area (Å²) in [6.45, 7) is 2.10. The molecule has 0 saturated carbocycles. The van der Waals surface area contributed by atoms with E-state index in [1.165, 1.54) is 0 Å². The molecule has 0 aliphatic rings. The summed E-state index contributed by atoms with van der Waals surface area (Å²) in [5.41, 5.74) is 2.73. The van der Waals surface area contributed by atoms with Crippen molar-refractivity contribution in [3.8, 4) is 22.5 Å². The summed E-state index contributed by atoms with van der Waals surface area (Å²) >= 11 is 11.0. The van der Waals surface area contributed by atoms with Gasteiger partial charge in [-0.25, -0.2) is 4.98 Å². The second kappa shape index (κ2) is 6.99. The molecule has 130 valence electrons. The Bertz CT molecular complexity index is 1150. The number of benzene rings is 2. The Hall–Kier alpha value is -1.95. The molecule has 4 rings (SSSR count). The highest BCUT2D eigenvalue weighted by Gasteiger charge is 2.18. The van der Waals surface area contributed by atoms with Crippen LogP contribution in [-0.4, -0.2) is 9.97 Å². The third-order valence-electron chi connectivity index (χ3n) is 4.21. The van der Waals surface area contributed by atoms with Gasteiger partial charge in [0.15, 0.2) is 0 Å². The van der Waals surface area contributed by atoms with E-state index in [1.807, 2.05) is 36.4 Å². The van der Waals surface area contributed by atoms with Crippen molar-refractivity contribution < 1.29 is 0 Å². The van der Waals surface area contributed by atoms with Crippen molar-refractivity contribution in [1.29, 1.82) is 0 Å². The van der Waals surface area contributed by atoms with Crippen LogP contribution in [0.5, 0.6) is 0 Å². The number of hydrogen-bond donors (Lipinski definition) is 1. The van der Waals surface area contributed by atoms with Crippen molar-refractivity contribution in [1.82, 2.24) is 9.97 Å². The van der Waals surface area contributed by atoms with Crippen LogP contribution in [-0.2, 0) is 6.42 Å². The van der Waals surface area contributed by atoms with Gasteiger partial charge in [-0.3, -0.25) is 4.79 Å². The summed E-state index contributed by atoms with van der Waals surface area (Å²) < 4.78 is 1.01. The van der Waals surface area contributed by atoms with Crippen LogP contribution >= 0.6 is 38.9 Å². The lowest BCUT2D eigenvalue weighted by atomic mass is 10.0. The Morgan fingerprint density at radius 3 is 2.38 bits per heavy atom. The highest BCUT2D eigenvalue weighted by Crippen LogP contribution is 2.37. The Kier molecular flexibility index (Phi) is 4.69. The number of aromatic nitrogens is 2. The van der Waals surface area contributed by atoms with Crippen LogP contribution in [0.1, 0.15) is 11.8 Å². The number of aryl methyl sites for hydroxylation is 1. The smallest absolute Gasteiger partial charge is 0.260 e. The van der Waals surface area contributed by atoms with Crippen molar-refractivity contribution in [3.63, 3.8) is 0 Å². The van der Waals surface area contributed by atoms with E-state index in [-0.39, 0.29) is 5.56 Å². The normalized spacial score (nSPS) is 11.2. The molecule has 4 aromatic rings. The molecule has 1 N–H and O–H groups in total. The Morgan fingerprint density at radius 1 is 1.08 bits per heavy atom. The summed E-state index contributed by atoms with van der Waals surface area (Å²) in [4.78, 5) is 22.5. The number of thiophene rings is 1. The van der Waals surface area contributed by atoms with Crippen LogP contribution in [0.4, 0.5) is 0 Å². The SMILES string of the molecule is CCc1sc2nc(-c3ccc(Cl)cc3)[nH]c(=O)c2c1-c1ccc(Br)cc1. The molecule has 2 aromatic heterocycles. The minimum Gasteiger partial charge on any atom is -0.306 e. The van der Waals surface area contributed by atoms with Crippen LogP contribution in [0.2, 0.25) is 5.02 Å². The van der Waals surface area contributed by atoms with Gasteiger partial charge >= 0.3 is 0 Å². The number of nitrogens with one attached hydrogen (secondary N) is 1. The van der Waals surface area contributed by atoms with Gasteiger partial charge in [0.25, 0.3) is 5.56 Å². The van der Waals surface area contributed by atoms with Crippen molar-refractivity contribution in [2.45, 2.75) is 13.3 Å². The first-order valence-electron chi connectivity index (χ1n) is 8.14. The first-order valence-corrected chi connectivity index (χ1v) is 10.1. The first-order chi connectivity index (χ1) is 12.6. The molecule has 0 radical (unpaired) electrons. The van der Waals surface area contributed by atoms with Gasteiger partial charge in [-0.05, 0) is 48.4 Å². The molecule has 0 amide bonds. The van der Waals surface area contributed by atoms with Crippen LogP contribution < -0.4 is 5.56 Å². The maximum absolute atomic E-state index is 12.9. The Morgan fingerprint density at radius 2 is 1.73 bits per heavy atom. The largest absolute Gasteiger partial charge is 0.306 e. The van der Waals surface area contributed by atoms with Crippen molar-refractivity contribution in [3.05, 3.63) is 73.3 Å². The molecule has 0 saturated heterocycles. The van der Waals surface area contributed by atoms with Crippen LogP contribution in [0.3, 0.4) is 0 Å². The third-order valence-corrected chi connectivity index (χ3v) is 6.22. The maximum Gasteiger partial charge on any atom is 0.260 e. The number of fused-ring (bicyclic) bond motifs is 1. The minimum absolute atomic E-state index is 0.117. The zero-order valence-electron chi connectivity index (χ0n) is 13.8. The van der Waals surface area contributed by atoms with E-state index in [0.29, 0.717) is 16.2 Å². The molecule has 2 heterocycles. The average molecular weight is 446 g/mol. The van der Waals surface area contributed by atoms with Gasteiger partial charge in [0.1, 0.15) is 10.7 Å². The van der Waals surface area contributed by atoms with Gasteiger partial charge in [-0.2, -0.15) is 0 Å². The van der Waals surface area contributed by atoms with Crippen molar-refractivity contribution in [2.24, 2.45) is 0 Å². The minimum atomic E-state index is -0.117. The standard InChI is InChI=1S/C20H14BrClN2OS/c1-2-15-16(11-3-7-13(21)8-4-11)17-19(25)23-18(24-20(17)26-15)12-5-9-14(22)10-6-12/h3-10H,2H2,1H3,(H,23,24,25). The molecule has 26 heavy (non-hydrogen) atoms. The lowest BCUT2D eigenvalue weighted by Crippen LogP contribution is -2.09. The molecule has 0 spiro atoms. The second-order valence-corrected chi connectivity index (χ2v) is 8.30. The predicted molar refractivity (Wildman–Crippen MR) is 113 cm³/mol. The van der Waals surface area contributed by atoms with Gasteiger partial charge in [0.2, 0.25) is 0 Å².